The third kappa shape index (κ3) is 5.81. The molecule has 3 rings (SSSR count). The van der Waals surface area contributed by atoms with Gasteiger partial charge in [-0.2, -0.15) is 0 Å². The highest BCUT2D eigenvalue weighted by molar-refractivity contribution is 9.10. The first kappa shape index (κ1) is 20.4. The Kier molecular flexibility index (Phi) is 7.46. The van der Waals surface area contributed by atoms with Crippen LogP contribution in [0.25, 0.3) is 0 Å². The summed E-state index contributed by atoms with van der Waals surface area (Å²) in [6, 6.07) is 26.5. The molecule has 144 valence electrons. The Labute approximate surface area is 180 Å². The monoisotopic (exact) mass is 454 g/mol. The molecular formula is C23H23BrN2OS. The van der Waals surface area contributed by atoms with Gasteiger partial charge in [0.2, 0.25) is 0 Å². The number of hydrogen-bond donors (Lipinski definition) is 1. The predicted molar refractivity (Wildman–Crippen MR) is 124 cm³/mol. The third-order valence-electron chi connectivity index (χ3n) is 4.19. The van der Waals surface area contributed by atoms with E-state index in [1.807, 2.05) is 61.5 Å². The van der Waals surface area contributed by atoms with E-state index in [9.17, 15) is 0 Å². The van der Waals surface area contributed by atoms with E-state index >= 15 is 0 Å². The summed E-state index contributed by atoms with van der Waals surface area (Å²) in [5, 5.41) is 4.03. The zero-order valence-electron chi connectivity index (χ0n) is 15.8. The van der Waals surface area contributed by atoms with Crippen LogP contribution in [0.5, 0.6) is 5.75 Å². The van der Waals surface area contributed by atoms with Gasteiger partial charge in [0.05, 0.1) is 12.3 Å². The molecule has 0 bridgehead atoms. The van der Waals surface area contributed by atoms with Crippen LogP contribution >= 0.6 is 28.1 Å². The fourth-order valence-electron chi connectivity index (χ4n) is 2.90. The van der Waals surface area contributed by atoms with Gasteiger partial charge in [-0.1, -0.05) is 70.5 Å². The normalized spacial score (nSPS) is 10.4. The van der Waals surface area contributed by atoms with Crippen LogP contribution in [0.1, 0.15) is 18.1 Å². The molecule has 3 aromatic carbocycles. The molecule has 0 aliphatic heterocycles. The maximum atomic E-state index is 5.78. The number of halogens is 1. The summed E-state index contributed by atoms with van der Waals surface area (Å²) in [5.74, 6) is 0.800. The van der Waals surface area contributed by atoms with Crippen molar-refractivity contribution in [2.75, 3.05) is 11.9 Å². The molecule has 0 aromatic heterocycles. The van der Waals surface area contributed by atoms with Gasteiger partial charge in [-0.25, -0.2) is 0 Å². The molecule has 0 amide bonds. The van der Waals surface area contributed by atoms with Gasteiger partial charge in [-0.3, -0.25) is 0 Å². The summed E-state index contributed by atoms with van der Waals surface area (Å²) in [4.78, 5) is 2.16. The third-order valence-corrected chi connectivity index (χ3v) is 5.05. The quantitative estimate of drug-likeness (QED) is 0.426. The van der Waals surface area contributed by atoms with Crippen molar-refractivity contribution in [2.45, 2.75) is 20.0 Å². The van der Waals surface area contributed by atoms with Crippen molar-refractivity contribution in [3.05, 3.63) is 94.5 Å². The Balaban J connectivity index is 1.82. The van der Waals surface area contributed by atoms with Crippen LogP contribution < -0.4 is 10.1 Å². The molecule has 5 heteroatoms. The molecule has 0 fully saturated rings. The van der Waals surface area contributed by atoms with Crippen molar-refractivity contribution in [2.24, 2.45) is 0 Å². The van der Waals surface area contributed by atoms with Gasteiger partial charge in [0.1, 0.15) is 5.75 Å². The molecule has 0 unspecified atom stereocenters. The van der Waals surface area contributed by atoms with Crippen LogP contribution in [-0.2, 0) is 13.1 Å². The second-order valence-electron chi connectivity index (χ2n) is 6.33. The molecule has 0 saturated carbocycles. The van der Waals surface area contributed by atoms with E-state index in [2.05, 4.69) is 50.4 Å². The summed E-state index contributed by atoms with van der Waals surface area (Å²) in [7, 11) is 0. The van der Waals surface area contributed by atoms with Crippen molar-refractivity contribution in [1.29, 1.82) is 0 Å². The topological polar surface area (TPSA) is 24.5 Å². The molecule has 3 aromatic rings. The maximum Gasteiger partial charge on any atom is 0.174 e. The Morgan fingerprint density at radius 1 is 0.929 bits per heavy atom. The van der Waals surface area contributed by atoms with E-state index in [-0.39, 0.29) is 0 Å². The maximum absolute atomic E-state index is 5.78. The van der Waals surface area contributed by atoms with E-state index in [4.69, 9.17) is 17.0 Å². The average Bonchev–Trinajstić information content (AvgIpc) is 2.70. The lowest BCUT2D eigenvalue weighted by molar-refractivity contribution is 0.342. The molecule has 0 atom stereocenters. The SMILES string of the molecule is CCOc1ccccc1NC(=S)N(Cc1ccccc1)Cc1cccc(Br)c1. The van der Waals surface area contributed by atoms with E-state index in [0.717, 1.165) is 22.5 Å². The molecule has 0 aliphatic rings. The molecule has 3 nitrogen and oxygen atoms in total. The van der Waals surface area contributed by atoms with Gasteiger partial charge >= 0.3 is 0 Å². The second kappa shape index (κ2) is 10.2. The number of nitrogens with one attached hydrogen (secondary N) is 1. The average molecular weight is 455 g/mol. The zero-order chi connectivity index (χ0) is 19.8. The Morgan fingerprint density at radius 2 is 1.61 bits per heavy atom. The predicted octanol–water partition coefficient (Wildman–Crippen LogP) is 6.25. The molecule has 0 saturated heterocycles. The van der Waals surface area contributed by atoms with Gasteiger partial charge in [0.15, 0.2) is 5.11 Å². The Morgan fingerprint density at radius 3 is 2.36 bits per heavy atom. The number of anilines is 1. The lowest BCUT2D eigenvalue weighted by Gasteiger charge is -2.27. The van der Waals surface area contributed by atoms with Crippen molar-refractivity contribution in [1.82, 2.24) is 4.90 Å². The van der Waals surface area contributed by atoms with Crippen LogP contribution in [-0.4, -0.2) is 16.6 Å². The lowest BCUT2D eigenvalue weighted by atomic mass is 10.2. The highest BCUT2D eigenvalue weighted by Crippen LogP contribution is 2.25. The summed E-state index contributed by atoms with van der Waals surface area (Å²) in [6.07, 6.45) is 0. The number of para-hydroxylation sites is 2. The summed E-state index contributed by atoms with van der Waals surface area (Å²) >= 11 is 9.33. The standard InChI is InChI=1S/C23H23BrN2OS/c1-2-27-22-14-7-6-13-21(22)25-23(28)26(16-18-9-4-3-5-10-18)17-19-11-8-12-20(24)15-19/h3-15H,2,16-17H2,1H3,(H,25,28). The number of thiocarbonyl (C=S) groups is 1. The van der Waals surface area contributed by atoms with Gasteiger partial charge in [0, 0.05) is 17.6 Å². The fraction of sp³-hybridized carbons (Fsp3) is 0.174. The van der Waals surface area contributed by atoms with Gasteiger partial charge < -0.3 is 15.0 Å². The van der Waals surface area contributed by atoms with E-state index < -0.39 is 0 Å². The molecule has 0 radical (unpaired) electrons. The van der Waals surface area contributed by atoms with Crippen molar-refractivity contribution < 1.29 is 4.74 Å². The van der Waals surface area contributed by atoms with E-state index in [1.54, 1.807) is 0 Å². The largest absolute Gasteiger partial charge is 0.492 e. The van der Waals surface area contributed by atoms with Crippen molar-refractivity contribution in [3.63, 3.8) is 0 Å². The van der Waals surface area contributed by atoms with Gasteiger partial charge in [-0.15, -0.1) is 0 Å². The summed E-state index contributed by atoms with van der Waals surface area (Å²) < 4.78 is 6.78. The minimum atomic E-state index is 0.608. The van der Waals surface area contributed by atoms with E-state index in [1.165, 1.54) is 11.1 Å². The number of ether oxygens (including phenoxy) is 1. The summed E-state index contributed by atoms with van der Waals surface area (Å²) in [6.45, 7) is 4.01. The Bertz CT molecular complexity index is 917. The molecule has 28 heavy (non-hydrogen) atoms. The van der Waals surface area contributed by atoms with Gasteiger partial charge in [0.25, 0.3) is 0 Å². The number of benzene rings is 3. The van der Waals surface area contributed by atoms with Gasteiger partial charge in [-0.05, 0) is 54.5 Å². The molecular weight excluding hydrogens is 432 g/mol. The number of rotatable bonds is 7. The fourth-order valence-corrected chi connectivity index (χ4v) is 3.59. The first-order valence-corrected chi connectivity index (χ1v) is 10.4. The van der Waals surface area contributed by atoms with Crippen LogP contribution in [0.2, 0.25) is 0 Å². The molecule has 1 N–H and O–H groups in total. The van der Waals surface area contributed by atoms with E-state index in [0.29, 0.717) is 18.3 Å². The first-order chi connectivity index (χ1) is 13.7. The van der Waals surface area contributed by atoms with Crippen molar-refractivity contribution >= 4 is 38.9 Å². The molecule has 0 spiro atoms. The smallest absolute Gasteiger partial charge is 0.174 e. The van der Waals surface area contributed by atoms with Crippen LogP contribution in [0.15, 0.2) is 83.3 Å². The molecule has 0 heterocycles. The lowest BCUT2D eigenvalue weighted by Crippen LogP contribution is -2.34. The highest BCUT2D eigenvalue weighted by Gasteiger charge is 2.14. The Hall–Kier alpha value is -2.37. The van der Waals surface area contributed by atoms with Crippen LogP contribution in [0.3, 0.4) is 0 Å². The first-order valence-electron chi connectivity index (χ1n) is 9.22. The zero-order valence-corrected chi connectivity index (χ0v) is 18.2. The summed E-state index contributed by atoms with van der Waals surface area (Å²) in [5.41, 5.74) is 3.27. The highest BCUT2D eigenvalue weighted by atomic mass is 79.9. The minimum absolute atomic E-state index is 0.608. The van der Waals surface area contributed by atoms with Crippen LogP contribution in [0.4, 0.5) is 5.69 Å². The molecule has 0 aliphatic carbocycles. The minimum Gasteiger partial charge on any atom is -0.492 e. The number of hydrogen-bond acceptors (Lipinski definition) is 2. The van der Waals surface area contributed by atoms with Crippen molar-refractivity contribution in [3.8, 4) is 5.75 Å². The second-order valence-corrected chi connectivity index (χ2v) is 7.63. The number of nitrogens with zero attached hydrogens (tertiary/aromatic N) is 1. The van der Waals surface area contributed by atoms with Crippen LogP contribution in [0, 0.1) is 0 Å².